The van der Waals surface area contributed by atoms with E-state index in [-0.39, 0.29) is 12.4 Å². The predicted molar refractivity (Wildman–Crippen MR) is 31.5 cm³/mol. The van der Waals surface area contributed by atoms with Gasteiger partial charge in [-0.15, -0.1) is 12.4 Å². The van der Waals surface area contributed by atoms with E-state index < -0.39 is 12.0 Å². The summed E-state index contributed by atoms with van der Waals surface area (Å²) in [5.74, 6) is -2.72. The highest BCUT2D eigenvalue weighted by molar-refractivity contribution is 5.85. The van der Waals surface area contributed by atoms with Gasteiger partial charge in [-0.2, -0.15) is 0 Å². The molecule has 0 rings (SSSR count). The van der Waals surface area contributed by atoms with Crippen molar-refractivity contribution < 1.29 is 8.78 Å². The molecule has 0 fully saturated rings. The molecule has 8 heavy (non-hydrogen) atoms. The van der Waals surface area contributed by atoms with E-state index in [9.17, 15) is 8.78 Å². The first kappa shape index (κ1) is 11.0. The van der Waals surface area contributed by atoms with Crippen molar-refractivity contribution in [1.29, 1.82) is 0 Å². The molecule has 0 saturated heterocycles. The molecular formula is C4H10ClF2N. The van der Waals surface area contributed by atoms with E-state index in [0.717, 1.165) is 6.92 Å². The summed E-state index contributed by atoms with van der Waals surface area (Å²) in [6.45, 7) is 2.08. The Morgan fingerprint density at radius 2 is 1.62 bits per heavy atom. The second-order valence-corrected chi connectivity index (χ2v) is 1.74. The molecule has 1 atom stereocenters. The number of hydrogen-bond donors (Lipinski definition) is 1. The van der Waals surface area contributed by atoms with Crippen LogP contribution >= 0.6 is 12.4 Å². The molecular weight excluding hydrogens is 136 g/mol. The van der Waals surface area contributed by atoms with Crippen molar-refractivity contribution in [3.05, 3.63) is 0 Å². The number of nitrogens with two attached hydrogens (primary N) is 1. The van der Waals surface area contributed by atoms with Crippen molar-refractivity contribution in [2.75, 3.05) is 0 Å². The summed E-state index contributed by atoms with van der Waals surface area (Å²) in [7, 11) is 0. The lowest BCUT2D eigenvalue weighted by Gasteiger charge is -2.12. The number of alkyl halides is 2. The van der Waals surface area contributed by atoms with E-state index in [1.807, 2.05) is 0 Å². The van der Waals surface area contributed by atoms with Crippen LogP contribution in [-0.2, 0) is 0 Å². The molecule has 0 aliphatic rings. The lowest BCUT2D eigenvalue weighted by atomic mass is 10.2. The van der Waals surface area contributed by atoms with Gasteiger partial charge in [0.15, 0.2) is 0 Å². The zero-order valence-corrected chi connectivity index (χ0v) is 5.64. The van der Waals surface area contributed by atoms with Crippen molar-refractivity contribution in [3.63, 3.8) is 0 Å². The Bertz CT molecular complexity index is 59.5. The standard InChI is InChI=1S/C4H9F2N.ClH/c1-3(7)4(2,5)6;/h3H,7H2,1-2H3;1H/t3-;/m0./s1. The van der Waals surface area contributed by atoms with Gasteiger partial charge < -0.3 is 5.73 Å². The van der Waals surface area contributed by atoms with Crippen LogP contribution in [0, 0.1) is 0 Å². The second-order valence-electron chi connectivity index (χ2n) is 1.74. The van der Waals surface area contributed by atoms with Gasteiger partial charge in [-0.1, -0.05) is 0 Å². The molecule has 0 aromatic carbocycles. The summed E-state index contributed by atoms with van der Waals surface area (Å²) in [6.07, 6.45) is 0. The van der Waals surface area contributed by atoms with E-state index in [1.54, 1.807) is 0 Å². The van der Waals surface area contributed by atoms with Crippen molar-refractivity contribution in [2.45, 2.75) is 25.8 Å². The number of halogens is 3. The molecule has 2 N–H and O–H groups in total. The molecule has 0 spiro atoms. The Morgan fingerprint density at radius 3 is 1.62 bits per heavy atom. The van der Waals surface area contributed by atoms with E-state index >= 15 is 0 Å². The van der Waals surface area contributed by atoms with Gasteiger partial charge in [-0.3, -0.25) is 0 Å². The quantitative estimate of drug-likeness (QED) is 0.593. The highest BCUT2D eigenvalue weighted by Crippen LogP contribution is 2.13. The summed E-state index contributed by atoms with van der Waals surface area (Å²) >= 11 is 0. The molecule has 0 bridgehead atoms. The van der Waals surface area contributed by atoms with E-state index in [2.05, 4.69) is 0 Å². The van der Waals surface area contributed by atoms with Gasteiger partial charge in [0, 0.05) is 6.92 Å². The Balaban J connectivity index is 0. The van der Waals surface area contributed by atoms with Crippen LogP contribution in [-0.4, -0.2) is 12.0 Å². The molecule has 52 valence electrons. The average Bonchev–Trinajstić information content (AvgIpc) is 1.31. The van der Waals surface area contributed by atoms with Crippen LogP contribution in [0.4, 0.5) is 8.78 Å². The van der Waals surface area contributed by atoms with Gasteiger partial charge >= 0.3 is 0 Å². The Morgan fingerprint density at radius 1 is 1.50 bits per heavy atom. The molecule has 1 nitrogen and oxygen atoms in total. The molecule has 4 heteroatoms. The van der Waals surface area contributed by atoms with E-state index in [0.29, 0.717) is 0 Å². The third-order valence-electron chi connectivity index (χ3n) is 0.800. The van der Waals surface area contributed by atoms with Crippen LogP contribution in [0.5, 0.6) is 0 Å². The maximum atomic E-state index is 11.7. The first-order valence-electron chi connectivity index (χ1n) is 2.08. The Hall–Kier alpha value is 0.110. The fourth-order valence-electron chi connectivity index (χ4n) is 0. The predicted octanol–water partition coefficient (Wildman–Crippen LogP) is 1.41. The molecule has 0 radical (unpaired) electrons. The van der Waals surface area contributed by atoms with Crippen LogP contribution < -0.4 is 5.73 Å². The average molecular weight is 146 g/mol. The molecule has 0 aromatic rings. The second kappa shape index (κ2) is 3.20. The summed E-state index contributed by atoms with van der Waals surface area (Å²) in [5, 5.41) is 0. The van der Waals surface area contributed by atoms with Crippen molar-refractivity contribution in [3.8, 4) is 0 Å². The summed E-state index contributed by atoms with van der Waals surface area (Å²) in [6, 6.07) is -1.03. The largest absolute Gasteiger partial charge is 0.323 e. The highest BCUT2D eigenvalue weighted by atomic mass is 35.5. The zero-order chi connectivity index (χ0) is 6.08. The molecule has 0 aliphatic carbocycles. The molecule has 0 unspecified atom stereocenters. The van der Waals surface area contributed by atoms with Gasteiger partial charge in [0.1, 0.15) is 0 Å². The minimum atomic E-state index is -2.72. The maximum Gasteiger partial charge on any atom is 0.259 e. The SMILES string of the molecule is C[C@H](N)C(C)(F)F.Cl. The summed E-state index contributed by atoms with van der Waals surface area (Å²) < 4.78 is 23.4. The van der Waals surface area contributed by atoms with Crippen LogP contribution in [0.1, 0.15) is 13.8 Å². The molecule has 0 heterocycles. The normalized spacial score (nSPS) is 14.6. The Kier molecular flexibility index (Phi) is 4.39. The van der Waals surface area contributed by atoms with Gasteiger partial charge in [-0.25, -0.2) is 8.78 Å². The maximum absolute atomic E-state index is 11.7. The number of rotatable bonds is 1. The van der Waals surface area contributed by atoms with Crippen molar-refractivity contribution >= 4 is 12.4 Å². The molecule has 0 saturated carbocycles. The van der Waals surface area contributed by atoms with Crippen molar-refractivity contribution in [2.24, 2.45) is 5.73 Å². The molecule has 0 aromatic heterocycles. The van der Waals surface area contributed by atoms with Crippen molar-refractivity contribution in [1.82, 2.24) is 0 Å². The van der Waals surface area contributed by atoms with Crippen LogP contribution in [0.2, 0.25) is 0 Å². The lowest BCUT2D eigenvalue weighted by Crippen LogP contribution is -2.34. The first-order chi connectivity index (χ1) is 2.94. The number of hydrogen-bond acceptors (Lipinski definition) is 1. The summed E-state index contributed by atoms with van der Waals surface area (Å²) in [5.41, 5.74) is 4.82. The topological polar surface area (TPSA) is 26.0 Å². The zero-order valence-electron chi connectivity index (χ0n) is 4.82. The minimum Gasteiger partial charge on any atom is -0.323 e. The van der Waals surface area contributed by atoms with Crippen LogP contribution in [0.25, 0.3) is 0 Å². The van der Waals surface area contributed by atoms with Crippen LogP contribution in [0.15, 0.2) is 0 Å². The third kappa shape index (κ3) is 4.27. The van der Waals surface area contributed by atoms with Gasteiger partial charge in [0.05, 0.1) is 6.04 Å². The summed E-state index contributed by atoms with van der Waals surface area (Å²) in [4.78, 5) is 0. The van der Waals surface area contributed by atoms with Crippen LogP contribution in [0.3, 0.4) is 0 Å². The molecule has 0 amide bonds. The van der Waals surface area contributed by atoms with E-state index in [4.69, 9.17) is 5.73 Å². The minimum absolute atomic E-state index is 0. The third-order valence-corrected chi connectivity index (χ3v) is 0.800. The smallest absolute Gasteiger partial charge is 0.259 e. The Labute approximate surface area is 53.7 Å². The monoisotopic (exact) mass is 145 g/mol. The highest BCUT2D eigenvalue weighted by Gasteiger charge is 2.25. The van der Waals surface area contributed by atoms with Gasteiger partial charge in [0.25, 0.3) is 5.92 Å². The fraction of sp³-hybridized carbons (Fsp3) is 1.00. The van der Waals surface area contributed by atoms with E-state index in [1.165, 1.54) is 6.92 Å². The fourth-order valence-corrected chi connectivity index (χ4v) is 0. The molecule has 0 aliphatic heterocycles. The first-order valence-corrected chi connectivity index (χ1v) is 2.08. The lowest BCUT2D eigenvalue weighted by molar-refractivity contribution is 0.000499. The van der Waals surface area contributed by atoms with Gasteiger partial charge in [-0.05, 0) is 6.92 Å². The van der Waals surface area contributed by atoms with Gasteiger partial charge in [0.2, 0.25) is 0 Å².